The first-order valence-electron chi connectivity index (χ1n) is 13.9. The van der Waals surface area contributed by atoms with E-state index in [1.165, 1.54) is 31.8 Å². The summed E-state index contributed by atoms with van der Waals surface area (Å²) in [6.45, 7) is 5.93. The van der Waals surface area contributed by atoms with E-state index in [9.17, 15) is 0 Å². The average Bonchev–Trinajstić information content (AvgIpc) is 3.08. The summed E-state index contributed by atoms with van der Waals surface area (Å²) in [5.41, 5.74) is 0. The Morgan fingerprint density at radius 2 is 0.356 bits per heavy atom. The monoisotopic (exact) mass is 946 g/mol. The molecule has 0 aliphatic carbocycles. The molecule has 0 aliphatic rings. The Hall–Kier alpha value is -0.295. The number of benzene rings is 6. The van der Waals surface area contributed by atoms with E-state index in [1.54, 1.807) is 0 Å². The Morgan fingerprint density at radius 1 is 0.222 bits per heavy atom. The van der Waals surface area contributed by atoms with Gasteiger partial charge in [0.25, 0.3) is 0 Å². The molecule has 6 rings (SSSR count). The van der Waals surface area contributed by atoms with Gasteiger partial charge in [0.2, 0.25) is 0 Å². The summed E-state index contributed by atoms with van der Waals surface area (Å²) in [7, 11) is 0. The van der Waals surface area contributed by atoms with Gasteiger partial charge >= 0.3 is 285 Å². The van der Waals surface area contributed by atoms with E-state index in [1.807, 2.05) is 0 Å². The molecular formula is C36H37BrP6Pd2. The SMILES string of the molecule is Br.c1ccc([PH][Pd]([PH]c2ccccc2)[PH]c2ccccc2)cc1.c1ccc([PH][Pd]([PH]c2ccccc2)[PH]c2ccccc2)cc1. The van der Waals surface area contributed by atoms with Crippen molar-refractivity contribution in [3.63, 3.8) is 0 Å². The van der Waals surface area contributed by atoms with Gasteiger partial charge in [0, 0.05) is 0 Å². The van der Waals surface area contributed by atoms with Gasteiger partial charge in [-0.3, -0.25) is 0 Å². The molecule has 0 saturated carbocycles. The summed E-state index contributed by atoms with van der Waals surface area (Å²) in [4.78, 5) is 0. The molecule has 6 aromatic rings. The van der Waals surface area contributed by atoms with Crippen molar-refractivity contribution in [2.45, 2.75) is 0 Å². The summed E-state index contributed by atoms with van der Waals surface area (Å²) >= 11 is -1.17. The molecule has 6 unspecified atom stereocenters. The quantitative estimate of drug-likeness (QED) is 0.0849. The molecule has 9 heteroatoms. The summed E-state index contributed by atoms with van der Waals surface area (Å²) in [5.74, 6) is 0. The zero-order valence-electron chi connectivity index (χ0n) is 24.4. The predicted molar refractivity (Wildman–Crippen MR) is 217 cm³/mol. The third-order valence-corrected chi connectivity index (χ3v) is 41.6. The molecule has 0 fully saturated rings. The normalized spacial score (nSPS) is 12.5. The van der Waals surface area contributed by atoms with Crippen LogP contribution in [0.15, 0.2) is 182 Å². The molecule has 238 valence electrons. The first-order chi connectivity index (χ1) is 21.8. The molecule has 6 aromatic carbocycles. The fourth-order valence-corrected chi connectivity index (χ4v) is 44.9. The summed E-state index contributed by atoms with van der Waals surface area (Å²) in [5, 5.41) is 9.14. The standard InChI is InChI=1S/6C6H6P.BrH.2Pd/c6*7-6-4-2-1-3-5-6;;;/h6*1-5,7H;1H;;/q6*-1;;2*+3. The van der Waals surface area contributed by atoms with E-state index in [0.29, 0.717) is 0 Å². The van der Waals surface area contributed by atoms with Crippen molar-refractivity contribution < 1.29 is 30.5 Å². The zero-order valence-corrected chi connectivity index (χ0v) is 35.2. The first kappa shape index (κ1) is 37.5. The van der Waals surface area contributed by atoms with Crippen LogP contribution < -0.4 is 31.8 Å². The molecule has 0 N–H and O–H groups in total. The maximum absolute atomic E-state index is 2.29. The molecule has 0 saturated heterocycles. The fourth-order valence-electron chi connectivity index (χ4n) is 3.61. The molecule has 0 aromatic heterocycles. The second-order valence-electron chi connectivity index (χ2n) is 9.14. The molecular weight excluding hydrogens is 911 g/mol. The third kappa shape index (κ3) is 14.8. The average molecular weight is 948 g/mol. The van der Waals surface area contributed by atoms with Crippen LogP contribution in [0.1, 0.15) is 0 Å². The summed E-state index contributed by atoms with van der Waals surface area (Å²) < 4.78 is 0. The molecule has 0 spiro atoms. The second-order valence-corrected chi connectivity index (χ2v) is 45.3. The van der Waals surface area contributed by atoms with E-state index in [-0.39, 0.29) is 17.0 Å². The molecule has 0 nitrogen and oxygen atoms in total. The Balaban J connectivity index is 0.000000200. The summed E-state index contributed by atoms with van der Waals surface area (Å²) in [6.07, 6.45) is 0. The molecule has 0 aliphatic heterocycles. The maximum atomic E-state index is 2.29. The van der Waals surface area contributed by atoms with Crippen molar-refractivity contribution in [1.82, 2.24) is 0 Å². The van der Waals surface area contributed by atoms with Crippen LogP contribution in [0.3, 0.4) is 0 Å². The number of rotatable bonds is 12. The van der Waals surface area contributed by atoms with Crippen LogP contribution >= 0.6 is 57.6 Å². The van der Waals surface area contributed by atoms with Gasteiger partial charge in [0.1, 0.15) is 0 Å². The molecule has 0 bridgehead atoms. The van der Waals surface area contributed by atoms with Crippen molar-refractivity contribution in [2.24, 2.45) is 0 Å². The van der Waals surface area contributed by atoms with Gasteiger partial charge in [-0.25, -0.2) is 0 Å². The van der Waals surface area contributed by atoms with E-state index in [4.69, 9.17) is 0 Å². The molecule has 0 radical (unpaired) electrons. The van der Waals surface area contributed by atoms with Gasteiger partial charge in [0.15, 0.2) is 0 Å². The first-order valence-corrected chi connectivity index (χ1v) is 32.8. The second kappa shape index (κ2) is 22.4. The van der Waals surface area contributed by atoms with Gasteiger partial charge in [-0.1, -0.05) is 0 Å². The van der Waals surface area contributed by atoms with Gasteiger partial charge in [-0.2, -0.15) is 0 Å². The van der Waals surface area contributed by atoms with Crippen LogP contribution in [0.2, 0.25) is 0 Å². The van der Waals surface area contributed by atoms with Crippen molar-refractivity contribution >= 4 is 89.4 Å². The zero-order chi connectivity index (χ0) is 30.1. The van der Waals surface area contributed by atoms with Crippen molar-refractivity contribution in [2.75, 3.05) is 0 Å². The van der Waals surface area contributed by atoms with Gasteiger partial charge in [-0.15, -0.1) is 17.0 Å². The Bertz CT molecular complexity index is 1280. The van der Waals surface area contributed by atoms with Crippen LogP contribution in [0.5, 0.6) is 0 Å². The van der Waals surface area contributed by atoms with E-state index in [2.05, 4.69) is 182 Å². The van der Waals surface area contributed by atoms with E-state index >= 15 is 0 Å². The minimum atomic E-state index is -0.583. The van der Waals surface area contributed by atoms with Crippen molar-refractivity contribution in [3.8, 4) is 0 Å². The van der Waals surface area contributed by atoms with Gasteiger partial charge < -0.3 is 0 Å². The van der Waals surface area contributed by atoms with Crippen LogP contribution in [0.4, 0.5) is 0 Å². The van der Waals surface area contributed by atoms with E-state index in [0.717, 1.165) is 40.6 Å². The number of hydrogen-bond acceptors (Lipinski definition) is 0. The molecule has 45 heavy (non-hydrogen) atoms. The molecule has 0 heterocycles. The van der Waals surface area contributed by atoms with Crippen molar-refractivity contribution in [1.29, 1.82) is 0 Å². The van der Waals surface area contributed by atoms with Gasteiger partial charge in [-0.05, 0) is 0 Å². The minimum absolute atomic E-state index is 0. The van der Waals surface area contributed by atoms with Crippen molar-refractivity contribution in [3.05, 3.63) is 182 Å². The Morgan fingerprint density at radius 3 is 0.489 bits per heavy atom. The third-order valence-electron chi connectivity index (χ3n) is 5.66. The number of hydrogen-bond donors (Lipinski definition) is 0. The summed E-state index contributed by atoms with van der Waals surface area (Å²) in [6, 6.07) is 66.2. The fraction of sp³-hybridized carbons (Fsp3) is 0. The Labute approximate surface area is 299 Å². The molecule has 6 atom stereocenters. The van der Waals surface area contributed by atoms with E-state index < -0.39 is 30.5 Å². The van der Waals surface area contributed by atoms with Crippen LogP contribution in [-0.2, 0) is 30.5 Å². The number of halogens is 1. The Kier molecular flexibility index (Phi) is 18.6. The predicted octanol–water partition coefficient (Wildman–Crippen LogP) is 9.30. The molecule has 0 amide bonds. The van der Waals surface area contributed by atoms with Crippen LogP contribution in [-0.4, -0.2) is 0 Å². The van der Waals surface area contributed by atoms with Crippen LogP contribution in [0, 0.1) is 0 Å². The topological polar surface area (TPSA) is 0 Å². The van der Waals surface area contributed by atoms with Crippen LogP contribution in [0.25, 0.3) is 0 Å². The van der Waals surface area contributed by atoms with Gasteiger partial charge in [0.05, 0.1) is 0 Å².